The van der Waals surface area contributed by atoms with Gasteiger partial charge >= 0.3 is 0 Å². The van der Waals surface area contributed by atoms with Gasteiger partial charge in [-0.15, -0.1) is 0 Å². The Labute approximate surface area is 69.7 Å². The number of carbonyl (C=O) groups excluding carboxylic acids is 1. The van der Waals surface area contributed by atoms with E-state index in [1.165, 1.54) is 0 Å². The number of hydrogen-bond acceptors (Lipinski definition) is 3. The number of carbonyl (C=O) groups is 1. The molecule has 0 radical (unpaired) electrons. The third-order valence-electron chi connectivity index (χ3n) is 1.68. The molecule has 60 valence electrons. The summed E-state index contributed by atoms with van der Waals surface area (Å²) >= 11 is 0. The smallest absolute Gasteiger partial charge is 0.155 e. The molecule has 0 bridgehead atoms. The maximum Gasteiger partial charge on any atom is 0.155 e. The lowest BCUT2D eigenvalue weighted by molar-refractivity contribution is 0.112. The van der Waals surface area contributed by atoms with E-state index in [2.05, 4.69) is 4.99 Å². The van der Waals surface area contributed by atoms with Crippen LogP contribution in [-0.4, -0.2) is 19.1 Å². The van der Waals surface area contributed by atoms with Gasteiger partial charge in [-0.05, 0) is 12.1 Å². The molecule has 0 N–H and O–H groups in total. The molecule has 0 saturated heterocycles. The largest absolute Gasteiger partial charge is 0.485 e. The van der Waals surface area contributed by atoms with Crippen LogP contribution in [0.5, 0.6) is 5.75 Å². The van der Waals surface area contributed by atoms with Gasteiger partial charge in [-0.2, -0.15) is 0 Å². The highest BCUT2D eigenvalue weighted by atomic mass is 16.5. The average Bonchev–Trinajstić information content (AvgIpc) is 2.17. The number of aldehydes is 1. The Balaban J connectivity index is 2.60. The molecule has 12 heavy (non-hydrogen) atoms. The van der Waals surface area contributed by atoms with Gasteiger partial charge in [-0.3, -0.25) is 9.79 Å². The third kappa shape index (κ3) is 0.993. The number of ether oxygens (including phenoxy) is 1. The molecule has 0 aromatic heterocycles. The zero-order valence-corrected chi connectivity index (χ0v) is 6.36. The van der Waals surface area contributed by atoms with Crippen molar-refractivity contribution in [3.63, 3.8) is 0 Å². The van der Waals surface area contributed by atoms with Crippen LogP contribution in [-0.2, 0) is 0 Å². The summed E-state index contributed by atoms with van der Waals surface area (Å²) in [5.74, 6) is 0.593. The molecule has 1 heterocycles. The second-order valence-corrected chi connectivity index (χ2v) is 2.44. The van der Waals surface area contributed by atoms with Crippen molar-refractivity contribution in [3.8, 4) is 5.75 Å². The normalized spacial score (nSPS) is 13.3. The molecular formula is C9H7NO2. The Morgan fingerprint density at radius 2 is 2.42 bits per heavy atom. The van der Waals surface area contributed by atoms with Crippen molar-refractivity contribution in [1.82, 2.24) is 0 Å². The minimum Gasteiger partial charge on any atom is -0.485 e. The topological polar surface area (TPSA) is 38.7 Å². The van der Waals surface area contributed by atoms with E-state index in [1.54, 1.807) is 18.3 Å². The molecule has 3 heteroatoms. The van der Waals surface area contributed by atoms with Gasteiger partial charge in [0.15, 0.2) is 12.0 Å². The van der Waals surface area contributed by atoms with Crippen LogP contribution in [0.2, 0.25) is 0 Å². The van der Waals surface area contributed by atoms with Gasteiger partial charge in [-0.1, -0.05) is 6.07 Å². The molecule has 1 aromatic rings. The number of hydrogen-bond donors (Lipinski definition) is 0. The second kappa shape index (κ2) is 2.77. The summed E-state index contributed by atoms with van der Waals surface area (Å²) < 4.78 is 5.26. The first-order chi connectivity index (χ1) is 5.92. The Bertz CT molecular complexity index is 344. The fourth-order valence-corrected chi connectivity index (χ4v) is 1.15. The monoisotopic (exact) mass is 161 g/mol. The first-order valence-corrected chi connectivity index (χ1v) is 3.65. The zero-order chi connectivity index (χ0) is 8.39. The van der Waals surface area contributed by atoms with Gasteiger partial charge in [0.25, 0.3) is 0 Å². The highest BCUT2D eigenvalue weighted by Gasteiger charge is 2.10. The number of para-hydroxylation sites is 1. The Morgan fingerprint density at radius 1 is 1.50 bits per heavy atom. The summed E-state index contributed by atoms with van der Waals surface area (Å²) in [6.07, 6.45) is 2.45. The SMILES string of the molecule is O=Cc1cccc2c1OCC=N2. The standard InChI is InChI=1S/C9H7NO2/c11-6-7-2-1-3-8-9(7)12-5-4-10-8/h1-4,6H,5H2. The summed E-state index contributed by atoms with van der Waals surface area (Å²) in [6, 6.07) is 5.32. The number of aliphatic imine (C=N–C) groups is 1. The van der Waals surface area contributed by atoms with Gasteiger partial charge < -0.3 is 4.74 Å². The predicted molar refractivity (Wildman–Crippen MR) is 45.5 cm³/mol. The van der Waals surface area contributed by atoms with Gasteiger partial charge in [-0.25, -0.2) is 0 Å². The molecule has 1 aliphatic heterocycles. The van der Waals surface area contributed by atoms with Crippen LogP contribution in [0.25, 0.3) is 0 Å². The summed E-state index contributed by atoms with van der Waals surface area (Å²) in [4.78, 5) is 14.6. The Hall–Kier alpha value is -1.64. The van der Waals surface area contributed by atoms with Crippen LogP contribution in [0, 0.1) is 0 Å². The van der Waals surface area contributed by atoms with Crippen molar-refractivity contribution >= 4 is 18.2 Å². The van der Waals surface area contributed by atoms with E-state index < -0.39 is 0 Å². The molecule has 0 spiro atoms. The summed E-state index contributed by atoms with van der Waals surface area (Å²) in [5.41, 5.74) is 1.29. The van der Waals surface area contributed by atoms with Crippen LogP contribution in [0.15, 0.2) is 23.2 Å². The average molecular weight is 161 g/mol. The molecule has 0 atom stereocenters. The first kappa shape index (κ1) is 7.03. The van der Waals surface area contributed by atoms with Gasteiger partial charge in [0.1, 0.15) is 12.3 Å². The fourth-order valence-electron chi connectivity index (χ4n) is 1.15. The number of nitrogens with zero attached hydrogens (tertiary/aromatic N) is 1. The Morgan fingerprint density at radius 3 is 3.25 bits per heavy atom. The van der Waals surface area contributed by atoms with Gasteiger partial charge in [0.05, 0.1) is 5.56 Å². The molecule has 0 amide bonds. The quantitative estimate of drug-likeness (QED) is 0.586. The van der Waals surface area contributed by atoms with Crippen LogP contribution in [0.3, 0.4) is 0 Å². The number of fused-ring (bicyclic) bond motifs is 1. The van der Waals surface area contributed by atoms with Gasteiger partial charge in [0.2, 0.25) is 0 Å². The summed E-state index contributed by atoms with van der Waals surface area (Å²) in [7, 11) is 0. The van der Waals surface area contributed by atoms with Crippen molar-refractivity contribution in [2.24, 2.45) is 4.99 Å². The van der Waals surface area contributed by atoms with Crippen molar-refractivity contribution in [3.05, 3.63) is 23.8 Å². The van der Waals surface area contributed by atoms with E-state index in [4.69, 9.17) is 4.74 Å². The van der Waals surface area contributed by atoms with E-state index in [1.807, 2.05) is 6.07 Å². The molecule has 2 rings (SSSR count). The predicted octanol–water partition coefficient (Wildman–Crippen LogP) is 1.59. The van der Waals surface area contributed by atoms with E-state index in [-0.39, 0.29) is 0 Å². The van der Waals surface area contributed by atoms with Crippen LogP contribution in [0.1, 0.15) is 10.4 Å². The molecule has 0 unspecified atom stereocenters. The lowest BCUT2D eigenvalue weighted by Gasteiger charge is -2.12. The second-order valence-electron chi connectivity index (χ2n) is 2.44. The molecule has 3 nitrogen and oxygen atoms in total. The van der Waals surface area contributed by atoms with E-state index in [9.17, 15) is 4.79 Å². The zero-order valence-electron chi connectivity index (χ0n) is 6.36. The maximum absolute atomic E-state index is 10.5. The number of rotatable bonds is 1. The minimum absolute atomic E-state index is 0.442. The molecule has 1 aromatic carbocycles. The minimum atomic E-state index is 0.442. The lowest BCUT2D eigenvalue weighted by atomic mass is 10.2. The highest BCUT2D eigenvalue weighted by Crippen LogP contribution is 2.31. The first-order valence-electron chi connectivity index (χ1n) is 3.65. The summed E-state index contributed by atoms with van der Waals surface area (Å²) in [5, 5.41) is 0. The van der Waals surface area contributed by atoms with E-state index >= 15 is 0 Å². The maximum atomic E-state index is 10.5. The lowest BCUT2D eigenvalue weighted by Crippen LogP contribution is -2.04. The molecular weight excluding hydrogens is 154 g/mol. The van der Waals surface area contributed by atoms with Crippen molar-refractivity contribution in [2.75, 3.05) is 6.61 Å². The highest BCUT2D eigenvalue weighted by molar-refractivity contribution is 5.85. The van der Waals surface area contributed by atoms with Crippen molar-refractivity contribution < 1.29 is 9.53 Å². The molecule has 0 saturated carbocycles. The van der Waals surface area contributed by atoms with Gasteiger partial charge in [0, 0.05) is 6.21 Å². The van der Waals surface area contributed by atoms with E-state index in [0.717, 1.165) is 12.0 Å². The third-order valence-corrected chi connectivity index (χ3v) is 1.68. The molecule has 0 fully saturated rings. The number of benzene rings is 1. The van der Waals surface area contributed by atoms with E-state index in [0.29, 0.717) is 17.9 Å². The van der Waals surface area contributed by atoms with Crippen LogP contribution >= 0.6 is 0 Å². The van der Waals surface area contributed by atoms with Crippen LogP contribution < -0.4 is 4.74 Å². The van der Waals surface area contributed by atoms with Crippen molar-refractivity contribution in [1.29, 1.82) is 0 Å². The molecule has 1 aliphatic rings. The van der Waals surface area contributed by atoms with Crippen LogP contribution in [0.4, 0.5) is 5.69 Å². The van der Waals surface area contributed by atoms with Crippen molar-refractivity contribution in [2.45, 2.75) is 0 Å². The Kier molecular flexibility index (Phi) is 1.63. The fraction of sp³-hybridized carbons (Fsp3) is 0.111. The summed E-state index contributed by atoms with van der Waals surface area (Å²) in [6.45, 7) is 0.442. The molecule has 0 aliphatic carbocycles.